The number of hydrogen-bond acceptors (Lipinski definition) is 3. The summed E-state index contributed by atoms with van der Waals surface area (Å²) in [5.74, 6) is 0. The summed E-state index contributed by atoms with van der Waals surface area (Å²) in [6.45, 7) is 36.9. The monoisotopic (exact) mass is 992 g/mol. The average molecular weight is 992 g/mol. The average Bonchev–Trinajstić information content (AvgIpc) is 3.90. The lowest BCUT2D eigenvalue weighted by Gasteiger charge is -2.46. The number of hydrogen-bond donors (Lipinski definition) is 0. The van der Waals surface area contributed by atoms with Gasteiger partial charge in [-0.3, -0.25) is 0 Å². The third-order valence-corrected chi connectivity index (χ3v) is 16.5. The third kappa shape index (κ3) is 7.63. The van der Waals surface area contributed by atoms with Gasteiger partial charge in [0.15, 0.2) is 0 Å². The summed E-state index contributed by atoms with van der Waals surface area (Å²) in [6, 6.07) is 53.0. The molecule has 378 valence electrons. The van der Waals surface area contributed by atoms with E-state index in [4.69, 9.17) is 4.42 Å². The van der Waals surface area contributed by atoms with Gasteiger partial charge >= 0.3 is 0 Å². The van der Waals surface area contributed by atoms with Crippen LogP contribution in [0.1, 0.15) is 119 Å². The Balaban J connectivity index is 1.21. The molecule has 0 aliphatic carbocycles. The molecule has 0 amide bonds. The lowest BCUT2D eigenvalue weighted by molar-refractivity contribution is 0.588. The smallest absolute Gasteiger partial charge is 0.252 e. The van der Waals surface area contributed by atoms with Crippen molar-refractivity contribution in [1.82, 2.24) is 4.57 Å². The molecular weight excluding hydrogens is 922 g/mol. The molecule has 0 N–H and O–H groups in total. The van der Waals surface area contributed by atoms with Gasteiger partial charge in [0.05, 0.1) is 22.6 Å². The SMILES string of the molecule is C=Cc1c(/C=C\C)c2cc3c(cc2n1-c1ccccc1)N(c1c(C)cc(-c2ccc4c(c2)oc2ccccc24)cc1C)c1cc(C(C)(C)C)cc2c1B3c1ccc(C(C)(C)C)cc1N2c1c(C)cc(C(C)(C)C)cc1C. The molecule has 12 rings (SSSR count). The van der Waals surface area contributed by atoms with Crippen LogP contribution in [0.5, 0.6) is 0 Å². The van der Waals surface area contributed by atoms with Gasteiger partial charge in [-0.25, -0.2) is 0 Å². The fourth-order valence-electron chi connectivity index (χ4n) is 12.7. The van der Waals surface area contributed by atoms with Crippen LogP contribution in [-0.2, 0) is 16.2 Å². The quantitative estimate of drug-likeness (QED) is 0.155. The number of aryl methyl sites for hydroxylation is 4. The minimum Gasteiger partial charge on any atom is -0.456 e. The van der Waals surface area contributed by atoms with Crippen LogP contribution in [0.15, 0.2) is 157 Å². The molecule has 0 atom stereocenters. The van der Waals surface area contributed by atoms with Crippen molar-refractivity contribution in [1.29, 1.82) is 0 Å². The molecule has 10 aromatic rings. The van der Waals surface area contributed by atoms with Crippen LogP contribution >= 0.6 is 0 Å². The summed E-state index contributed by atoms with van der Waals surface area (Å²) < 4.78 is 8.87. The van der Waals surface area contributed by atoms with E-state index in [1.54, 1.807) is 0 Å². The first-order chi connectivity index (χ1) is 36.2. The van der Waals surface area contributed by atoms with Crippen molar-refractivity contribution in [2.75, 3.05) is 9.80 Å². The zero-order valence-electron chi connectivity index (χ0n) is 47.0. The van der Waals surface area contributed by atoms with Gasteiger partial charge in [0.1, 0.15) is 11.2 Å². The van der Waals surface area contributed by atoms with E-state index in [9.17, 15) is 0 Å². The maximum atomic E-state index is 6.46. The van der Waals surface area contributed by atoms with Crippen LogP contribution in [0.3, 0.4) is 0 Å². The highest BCUT2D eigenvalue weighted by Gasteiger charge is 2.46. The van der Waals surface area contributed by atoms with Crippen molar-refractivity contribution in [3.8, 4) is 16.8 Å². The van der Waals surface area contributed by atoms with E-state index in [0.29, 0.717) is 0 Å². The van der Waals surface area contributed by atoms with E-state index in [2.05, 4.69) is 263 Å². The Morgan fingerprint density at radius 1 is 0.487 bits per heavy atom. The minimum atomic E-state index is -0.179. The lowest BCUT2D eigenvalue weighted by atomic mass is 9.33. The molecule has 4 nitrogen and oxygen atoms in total. The highest BCUT2D eigenvalue weighted by molar-refractivity contribution is 7.00. The van der Waals surface area contributed by atoms with Crippen molar-refractivity contribution in [3.63, 3.8) is 0 Å². The summed E-state index contributed by atoms with van der Waals surface area (Å²) in [4.78, 5) is 5.31. The Hall–Kier alpha value is -7.76. The van der Waals surface area contributed by atoms with Crippen molar-refractivity contribution >= 4 is 102 Å². The first-order valence-electron chi connectivity index (χ1n) is 27.3. The molecule has 76 heavy (non-hydrogen) atoms. The maximum absolute atomic E-state index is 6.46. The summed E-state index contributed by atoms with van der Waals surface area (Å²) in [5.41, 5.74) is 28.5. The van der Waals surface area contributed by atoms with Gasteiger partial charge in [-0.1, -0.05) is 154 Å². The number of rotatable bonds is 6. The fraction of sp³-hybridized carbons (Fsp3) is 0.239. The second-order valence-corrected chi connectivity index (χ2v) is 24.9. The maximum Gasteiger partial charge on any atom is 0.252 e. The van der Waals surface area contributed by atoms with Crippen LogP contribution < -0.4 is 26.2 Å². The number of nitrogens with zero attached hydrogens (tertiary/aromatic N) is 3. The molecule has 0 saturated carbocycles. The Labute approximate surface area is 451 Å². The number of furan rings is 1. The molecule has 0 bridgehead atoms. The van der Waals surface area contributed by atoms with E-state index >= 15 is 0 Å². The van der Waals surface area contributed by atoms with Gasteiger partial charge in [0.2, 0.25) is 0 Å². The van der Waals surface area contributed by atoms with Gasteiger partial charge in [-0.2, -0.15) is 0 Å². The fourth-order valence-corrected chi connectivity index (χ4v) is 12.7. The predicted molar refractivity (Wildman–Crippen MR) is 330 cm³/mol. The van der Waals surface area contributed by atoms with Gasteiger partial charge in [-0.15, -0.1) is 0 Å². The molecule has 0 fully saturated rings. The van der Waals surface area contributed by atoms with Gasteiger partial charge < -0.3 is 18.8 Å². The Morgan fingerprint density at radius 3 is 1.64 bits per heavy atom. The second kappa shape index (κ2) is 17.4. The Bertz CT molecular complexity index is 4040. The Morgan fingerprint density at radius 2 is 1.04 bits per heavy atom. The topological polar surface area (TPSA) is 24.6 Å². The summed E-state index contributed by atoms with van der Waals surface area (Å²) >= 11 is 0. The van der Waals surface area contributed by atoms with E-state index in [1.165, 1.54) is 106 Å². The predicted octanol–water partition coefficient (Wildman–Crippen LogP) is 18.1. The number of fused-ring (bicyclic) bond motifs is 8. The van der Waals surface area contributed by atoms with Crippen molar-refractivity contribution in [2.24, 2.45) is 0 Å². The van der Waals surface area contributed by atoms with Gasteiger partial charge in [-0.05, 0) is 190 Å². The van der Waals surface area contributed by atoms with Crippen LogP contribution in [0.2, 0.25) is 0 Å². The summed E-state index contributed by atoms with van der Waals surface area (Å²) in [6.07, 6.45) is 6.48. The van der Waals surface area contributed by atoms with Crippen LogP contribution in [0.25, 0.3) is 61.8 Å². The van der Waals surface area contributed by atoms with E-state index in [1.807, 2.05) is 12.1 Å². The molecular formula is C71H70BN3O. The van der Waals surface area contributed by atoms with Gasteiger partial charge in [0, 0.05) is 50.2 Å². The first kappa shape index (κ1) is 49.1. The van der Waals surface area contributed by atoms with Crippen LogP contribution in [0, 0.1) is 27.7 Å². The number of para-hydroxylation sites is 2. The zero-order valence-corrected chi connectivity index (χ0v) is 47.0. The number of anilines is 6. The van der Waals surface area contributed by atoms with E-state index < -0.39 is 0 Å². The van der Waals surface area contributed by atoms with E-state index in [0.717, 1.165) is 44.4 Å². The molecule has 2 aliphatic heterocycles. The molecule has 0 spiro atoms. The number of benzene rings is 8. The summed E-state index contributed by atoms with van der Waals surface area (Å²) in [7, 11) is 0. The van der Waals surface area contributed by atoms with Crippen LogP contribution in [0.4, 0.5) is 34.1 Å². The second-order valence-electron chi connectivity index (χ2n) is 24.9. The highest BCUT2D eigenvalue weighted by Crippen LogP contribution is 2.51. The third-order valence-electron chi connectivity index (χ3n) is 16.5. The number of allylic oxidation sites excluding steroid dienone is 1. The molecule has 5 heteroatoms. The zero-order chi connectivity index (χ0) is 53.5. The van der Waals surface area contributed by atoms with Gasteiger partial charge in [0.25, 0.3) is 6.71 Å². The van der Waals surface area contributed by atoms with Crippen LogP contribution in [-0.4, -0.2) is 11.3 Å². The summed E-state index contributed by atoms with van der Waals surface area (Å²) in [5, 5.41) is 3.48. The largest absolute Gasteiger partial charge is 0.456 e. The number of aromatic nitrogens is 1. The first-order valence-corrected chi connectivity index (χ1v) is 27.3. The minimum absolute atomic E-state index is 0.00139. The van der Waals surface area contributed by atoms with Crippen molar-refractivity contribution < 1.29 is 4.42 Å². The molecule has 4 heterocycles. The molecule has 0 radical (unpaired) electrons. The molecule has 0 saturated heterocycles. The lowest BCUT2D eigenvalue weighted by Crippen LogP contribution is -2.61. The van der Waals surface area contributed by atoms with Crippen molar-refractivity contribution in [2.45, 2.75) is 113 Å². The molecule has 2 aliphatic rings. The molecule has 8 aromatic carbocycles. The highest BCUT2D eigenvalue weighted by atomic mass is 16.3. The molecule has 2 aromatic heterocycles. The molecule has 0 unspecified atom stereocenters. The van der Waals surface area contributed by atoms with Crippen molar-refractivity contribution in [3.05, 3.63) is 202 Å². The van der Waals surface area contributed by atoms with E-state index in [-0.39, 0.29) is 23.0 Å². The Kier molecular flexibility index (Phi) is 11.2. The standard InChI is InChI=1S/C71H70BN3O/c1-16-23-52-55-40-57-61(41-59(55)73(58(52)17-2)51-24-19-18-20-25-51)75(67-42(3)32-47(33-43(67)4)46-28-30-54-53-26-21-22-27-64(53)76-65(54)36-46)63-39-50(71(13,14)15)38-62-66(63)72(57)56-31-29-48(69(7,8)9)37-60(56)74(62)68-44(5)34-49(35-45(68)6)70(10,11)12/h16-41H,2H2,1,3-15H3/b23-16-. The normalized spacial score (nSPS) is 13.6.